The SMILES string of the molecule is COc1cc(CN)cc(OC)c1OCCCCCO. The van der Waals surface area contributed by atoms with E-state index in [-0.39, 0.29) is 6.61 Å². The van der Waals surface area contributed by atoms with E-state index in [9.17, 15) is 0 Å². The Balaban J connectivity index is 2.73. The molecule has 0 heterocycles. The quantitative estimate of drug-likeness (QED) is 0.667. The van der Waals surface area contributed by atoms with E-state index in [1.165, 1.54) is 0 Å². The molecule has 0 aliphatic carbocycles. The van der Waals surface area contributed by atoms with Crippen molar-refractivity contribution in [3.8, 4) is 17.2 Å². The van der Waals surface area contributed by atoms with E-state index in [0.29, 0.717) is 30.4 Å². The second-order valence-electron chi connectivity index (χ2n) is 4.17. The summed E-state index contributed by atoms with van der Waals surface area (Å²) in [5.74, 6) is 1.86. The van der Waals surface area contributed by atoms with Gasteiger partial charge in [0.05, 0.1) is 20.8 Å². The van der Waals surface area contributed by atoms with Crippen LogP contribution >= 0.6 is 0 Å². The number of nitrogens with two attached hydrogens (primary N) is 1. The highest BCUT2D eigenvalue weighted by atomic mass is 16.5. The fourth-order valence-corrected chi connectivity index (χ4v) is 1.76. The van der Waals surface area contributed by atoms with Crippen molar-refractivity contribution >= 4 is 0 Å². The number of rotatable bonds is 9. The molecule has 19 heavy (non-hydrogen) atoms. The van der Waals surface area contributed by atoms with Gasteiger partial charge in [0.25, 0.3) is 0 Å². The maximum atomic E-state index is 8.71. The first kappa shape index (κ1) is 15.6. The van der Waals surface area contributed by atoms with Crippen LogP contribution in [-0.4, -0.2) is 32.5 Å². The minimum atomic E-state index is 0.220. The predicted octanol–water partition coefficient (Wildman–Crippen LogP) is 1.70. The molecule has 0 bridgehead atoms. The summed E-state index contributed by atoms with van der Waals surface area (Å²) in [6.07, 6.45) is 2.61. The molecule has 5 nitrogen and oxygen atoms in total. The Hall–Kier alpha value is -1.46. The van der Waals surface area contributed by atoms with Crippen molar-refractivity contribution in [1.82, 2.24) is 0 Å². The van der Waals surface area contributed by atoms with Crippen LogP contribution in [0.4, 0.5) is 0 Å². The van der Waals surface area contributed by atoms with Gasteiger partial charge in [0, 0.05) is 13.2 Å². The van der Waals surface area contributed by atoms with Crippen LogP contribution in [-0.2, 0) is 6.54 Å². The van der Waals surface area contributed by atoms with Gasteiger partial charge in [0.15, 0.2) is 11.5 Å². The topological polar surface area (TPSA) is 73.9 Å². The molecule has 0 saturated carbocycles. The number of methoxy groups -OCH3 is 2. The average Bonchev–Trinajstić information content (AvgIpc) is 2.46. The molecule has 0 amide bonds. The van der Waals surface area contributed by atoms with Gasteiger partial charge in [-0.1, -0.05) is 0 Å². The molecule has 1 rings (SSSR count). The van der Waals surface area contributed by atoms with Gasteiger partial charge in [0.2, 0.25) is 5.75 Å². The van der Waals surface area contributed by atoms with Gasteiger partial charge in [-0.2, -0.15) is 0 Å². The zero-order chi connectivity index (χ0) is 14.1. The molecule has 1 aromatic carbocycles. The third-order valence-electron chi connectivity index (χ3n) is 2.80. The maximum Gasteiger partial charge on any atom is 0.203 e. The molecule has 0 radical (unpaired) electrons. The Bertz CT molecular complexity index is 357. The number of ether oxygens (including phenoxy) is 3. The summed E-state index contributed by atoms with van der Waals surface area (Å²) in [5, 5.41) is 8.71. The lowest BCUT2D eigenvalue weighted by Gasteiger charge is -2.15. The standard InChI is InChI=1S/C14H23NO4/c1-17-12-8-11(10-15)9-13(18-2)14(12)19-7-5-3-4-6-16/h8-9,16H,3-7,10,15H2,1-2H3. The number of benzene rings is 1. The second kappa shape index (κ2) is 8.61. The summed E-state index contributed by atoms with van der Waals surface area (Å²) in [5.41, 5.74) is 6.56. The van der Waals surface area contributed by atoms with Crippen molar-refractivity contribution in [2.24, 2.45) is 5.73 Å². The molecule has 0 aliphatic heterocycles. The van der Waals surface area contributed by atoms with E-state index in [4.69, 9.17) is 25.1 Å². The molecule has 0 aliphatic rings. The van der Waals surface area contributed by atoms with Crippen LogP contribution < -0.4 is 19.9 Å². The Morgan fingerprint density at radius 1 is 1.05 bits per heavy atom. The highest BCUT2D eigenvalue weighted by Gasteiger charge is 2.13. The van der Waals surface area contributed by atoms with E-state index in [0.717, 1.165) is 24.8 Å². The molecule has 5 heteroatoms. The zero-order valence-corrected chi connectivity index (χ0v) is 11.6. The number of aliphatic hydroxyl groups is 1. The monoisotopic (exact) mass is 269 g/mol. The molecule has 0 unspecified atom stereocenters. The van der Waals surface area contributed by atoms with E-state index in [2.05, 4.69) is 0 Å². The van der Waals surface area contributed by atoms with Crippen molar-refractivity contribution in [1.29, 1.82) is 0 Å². The lowest BCUT2D eigenvalue weighted by atomic mass is 10.2. The minimum Gasteiger partial charge on any atom is -0.493 e. The third kappa shape index (κ3) is 4.61. The van der Waals surface area contributed by atoms with Gasteiger partial charge in [0.1, 0.15) is 0 Å². The summed E-state index contributed by atoms with van der Waals surface area (Å²) in [4.78, 5) is 0. The molecule has 108 valence electrons. The smallest absolute Gasteiger partial charge is 0.203 e. The molecule has 0 aromatic heterocycles. The Morgan fingerprint density at radius 2 is 1.68 bits per heavy atom. The van der Waals surface area contributed by atoms with E-state index >= 15 is 0 Å². The highest BCUT2D eigenvalue weighted by molar-refractivity contribution is 5.53. The summed E-state index contributed by atoms with van der Waals surface area (Å²) in [6.45, 7) is 1.20. The number of aliphatic hydroxyl groups excluding tert-OH is 1. The molecule has 0 fully saturated rings. The van der Waals surface area contributed by atoms with Gasteiger partial charge >= 0.3 is 0 Å². The van der Waals surface area contributed by atoms with E-state index in [1.54, 1.807) is 14.2 Å². The van der Waals surface area contributed by atoms with Gasteiger partial charge < -0.3 is 25.1 Å². The summed E-state index contributed by atoms with van der Waals surface area (Å²) in [7, 11) is 3.18. The second-order valence-corrected chi connectivity index (χ2v) is 4.17. The first-order valence-corrected chi connectivity index (χ1v) is 6.45. The summed E-state index contributed by atoms with van der Waals surface area (Å²) >= 11 is 0. The van der Waals surface area contributed by atoms with Crippen LogP contribution in [0.1, 0.15) is 24.8 Å². The van der Waals surface area contributed by atoms with Gasteiger partial charge in [-0.3, -0.25) is 0 Å². The Kier molecular flexibility index (Phi) is 7.07. The lowest BCUT2D eigenvalue weighted by molar-refractivity contribution is 0.252. The molecular weight excluding hydrogens is 246 g/mol. The third-order valence-corrected chi connectivity index (χ3v) is 2.80. The average molecular weight is 269 g/mol. The normalized spacial score (nSPS) is 10.3. The fraction of sp³-hybridized carbons (Fsp3) is 0.571. The minimum absolute atomic E-state index is 0.220. The van der Waals surface area contributed by atoms with Crippen molar-refractivity contribution in [2.45, 2.75) is 25.8 Å². The summed E-state index contributed by atoms with van der Waals surface area (Å²) in [6, 6.07) is 3.71. The first-order chi connectivity index (χ1) is 9.26. The largest absolute Gasteiger partial charge is 0.493 e. The van der Waals surface area contributed by atoms with Gasteiger partial charge in [-0.15, -0.1) is 0 Å². The molecular formula is C14H23NO4. The number of hydrogen-bond donors (Lipinski definition) is 2. The molecule has 3 N–H and O–H groups in total. The van der Waals surface area contributed by atoms with Crippen LogP contribution in [0.5, 0.6) is 17.2 Å². The predicted molar refractivity (Wildman–Crippen MR) is 73.9 cm³/mol. The van der Waals surface area contributed by atoms with Crippen LogP contribution in [0.2, 0.25) is 0 Å². The summed E-state index contributed by atoms with van der Waals surface area (Å²) < 4.78 is 16.3. The van der Waals surface area contributed by atoms with Crippen LogP contribution in [0, 0.1) is 0 Å². The fourth-order valence-electron chi connectivity index (χ4n) is 1.76. The molecule has 0 spiro atoms. The lowest BCUT2D eigenvalue weighted by Crippen LogP contribution is -2.04. The first-order valence-electron chi connectivity index (χ1n) is 6.45. The number of hydrogen-bond acceptors (Lipinski definition) is 5. The molecule has 0 saturated heterocycles. The molecule has 1 aromatic rings. The van der Waals surface area contributed by atoms with Crippen molar-refractivity contribution in [2.75, 3.05) is 27.4 Å². The Labute approximate surface area is 114 Å². The molecule has 0 atom stereocenters. The van der Waals surface area contributed by atoms with Crippen molar-refractivity contribution in [3.05, 3.63) is 17.7 Å². The zero-order valence-electron chi connectivity index (χ0n) is 11.6. The van der Waals surface area contributed by atoms with Crippen molar-refractivity contribution in [3.63, 3.8) is 0 Å². The van der Waals surface area contributed by atoms with Gasteiger partial charge in [-0.05, 0) is 37.0 Å². The van der Waals surface area contributed by atoms with E-state index in [1.807, 2.05) is 12.1 Å². The van der Waals surface area contributed by atoms with Crippen LogP contribution in [0.25, 0.3) is 0 Å². The highest BCUT2D eigenvalue weighted by Crippen LogP contribution is 2.38. The van der Waals surface area contributed by atoms with Crippen molar-refractivity contribution < 1.29 is 19.3 Å². The van der Waals surface area contributed by atoms with E-state index < -0.39 is 0 Å². The van der Waals surface area contributed by atoms with Crippen LogP contribution in [0.3, 0.4) is 0 Å². The van der Waals surface area contributed by atoms with Crippen LogP contribution in [0.15, 0.2) is 12.1 Å². The Morgan fingerprint density at radius 3 is 2.16 bits per heavy atom. The maximum absolute atomic E-state index is 8.71. The number of unbranched alkanes of at least 4 members (excludes halogenated alkanes) is 2. The van der Waals surface area contributed by atoms with Gasteiger partial charge in [-0.25, -0.2) is 0 Å².